The molecule has 0 saturated carbocycles. The van der Waals surface area contributed by atoms with Gasteiger partial charge in [-0.2, -0.15) is 0 Å². The van der Waals surface area contributed by atoms with Gasteiger partial charge in [0.15, 0.2) is 0 Å². The van der Waals surface area contributed by atoms with Crippen molar-refractivity contribution in [1.29, 1.82) is 0 Å². The van der Waals surface area contributed by atoms with E-state index < -0.39 is 0 Å². The number of hydrogen-bond donors (Lipinski definition) is 1. The van der Waals surface area contributed by atoms with E-state index in [2.05, 4.69) is 26.1 Å². The summed E-state index contributed by atoms with van der Waals surface area (Å²) in [6, 6.07) is 0. The molecule has 0 radical (unpaired) electrons. The van der Waals surface area contributed by atoms with Crippen molar-refractivity contribution in [3.8, 4) is 0 Å². The predicted octanol–water partition coefficient (Wildman–Crippen LogP) is 4.26. The van der Waals surface area contributed by atoms with Crippen molar-refractivity contribution < 1.29 is 9.47 Å². The lowest BCUT2D eigenvalue weighted by atomic mass is 10.0. The second-order valence-electron chi connectivity index (χ2n) is 5.18. The smallest absolute Gasteiger partial charge is 0.0701 e. The number of unbranched alkanes of at least 4 members (excludes halogenated alkanes) is 3. The predicted molar refractivity (Wildman–Crippen MR) is 89.5 cm³/mol. The van der Waals surface area contributed by atoms with Gasteiger partial charge in [-0.15, -0.1) is 0 Å². The van der Waals surface area contributed by atoms with Crippen molar-refractivity contribution in [2.75, 3.05) is 39.5 Å². The molecule has 0 aromatic rings. The van der Waals surface area contributed by atoms with Gasteiger partial charge in [0, 0.05) is 13.2 Å². The van der Waals surface area contributed by atoms with Crippen LogP contribution in [0.1, 0.15) is 66.7 Å². The summed E-state index contributed by atoms with van der Waals surface area (Å²) in [6.45, 7) is 15.8. The molecule has 0 aliphatic rings. The molecule has 0 rings (SSSR count). The van der Waals surface area contributed by atoms with Crippen LogP contribution in [0.25, 0.3) is 0 Å². The maximum Gasteiger partial charge on any atom is 0.0701 e. The second kappa shape index (κ2) is 21.2. The fourth-order valence-electron chi connectivity index (χ4n) is 1.75. The van der Waals surface area contributed by atoms with E-state index in [1.165, 1.54) is 32.1 Å². The van der Waals surface area contributed by atoms with E-state index >= 15 is 0 Å². The van der Waals surface area contributed by atoms with Gasteiger partial charge in [-0.1, -0.05) is 60.3 Å². The van der Waals surface area contributed by atoms with Crippen molar-refractivity contribution in [2.24, 2.45) is 5.92 Å². The van der Waals surface area contributed by atoms with Crippen molar-refractivity contribution in [3.05, 3.63) is 0 Å². The molecular weight excluding hydrogens is 250 g/mol. The first kappa shape index (κ1) is 22.2. The third-order valence-electron chi connectivity index (χ3n) is 2.87. The average molecular weight is 290 g/mol. The van der Waals surface area contributed by atoms with Gasteiger partial charge in [0.25, 0.3) is 0 Å². The van der Waals surface area contributed by atoms with Crippen LogP contribution in [0.15, 0.2) is 0 Å². The Labute approximate surface area is 127 Å². The summed E-state index contributed by atoms with van der Waals surface area (Å²) >= 11 is 0. The monoisotopic (exact) mass is 289 g/mol. The van der Waals surface area contributed by atoms with E-state index in [4.69, 9.17) is 9.47 Å². The molecule has 3 heteroatoms. The van der Waals surface area contributed by atoms with Gasteiger partial charge in [0.05, 0.1) is 19.8 Å². The molecule has 1 N–H and O–H groups in total. The van der Waals surface area contributed by atoms with Crippen LogP contribution in [-0.4, -0.2) is 39.5 Å². The van der Waals surface area contributed by atoms with E-state index in [0.29, 0.717) is 0 Å². The van der Waals surface area contributed by atoms with Crippen LogP contribution in [0, 0.1) is 5.92 Å². The maximum absolute atomic E-state index is 5.52. The summed E-state index contributed by atoms with van der Waals surface area (Å²) in [5.74, 6) is 0.848. The van der Waals surface area contributed by atoms with Gasteiger partial charge in [0.1, 0.15) is 0 Å². The van der Waals surface area contributed by atoms with Crippen LogP contribution in [0.4, 0.5) is 0 Å². The Kier molecular flexibility index (Phi) is 23.5. The molecule has 0 aliphatic heterocycles. The average Bonchev–Trinajstić information content (AvgIpc) is 2.46. The third-order valence-corrected chi connectivity index (χ3v) is 2.87. The maximum atomic E-state index is 5.52. The lowest BCUT2D eigenvalue weighted by Crippen LogP contribution is -2.20. The van der Waals surface area contributed by atoms with Crippen LogP contribution >= 0.6 is 0 Å². The minimum Gasteiger partial charge on any atom is -0.379 e. The molecule has 124 valence electrons. The van der Waals surface area contributed by atoms with E-state index in [-0.39, 0.29) is 0 Å². The summed E-state index contributed by atoms with van der Waals surface area (Å²) in [4.78, 5) is 0. The number of rotatable bonds is 14. The van der Waals surface area contributed by atoms with E-state index in [9.17, 15) is 0 Å². The van der Waals surface area contributed by atoms with Crippen LogP contribution < -0.4 is 5.32 Å². The van der Waals surface area contributed by atoms with Crippen molar-refractivity contribution in [2.45, 2.75) is 66.7 Å². The zero-order chi connectivity index (χ0) is 15.5. The molecule has 0 unspecified atom stereocenters. The summed E-state index contributed by atoms with van der Waals surface area (Å²) in [6.07, 6.45) is 6.57. The van der Waals surface area contributed by atoms with Gasteiger partial charge >= 0.3 is 0 Å². The summed E-state index contributed by atoms with van der Waals surface area (Å²) < 4.78 is 10.9. The molecule has 0 aromatic carbocycles. The van der Waals surface area contributed by atoms with Gasteiger partial charge in [-0.25, -0.2) is 0 Å². The molecule has 3 nitrogen and oxygen atoms in total. The molecule has 0 saturated heterocycles. The zero-order valence-electron chi connectivity index (χ0n) is 14.7. The highest BCUT2D eigenvalue weighted by atomic mass is 16.5. The Morgan fingerprint density at radius 1 is 0.800 bits per heavy atom. The Hall–Kier alpha value is -0.120. The number of hydrogen-bond acceptors (Lipinski definition) is 3. The van der Waals surface area contributed by atoms with Gasteiger partial charge < -0.3 is 14.8 Å². The molecule has 0 heterocycles. The lowest BCUT2D eigenvalue weighted by Gasteiger charge is -2.06. The number of ether oxygens (including phenoxy) is 2. The minimum absolute atomic E-state index is 0.721. The first-order chi connectivity index (χ1) is 9.77. The SMILES string of the molecule is CC.CCNCCOCCOCCCCCCC(C)C. The zero-order valence-corrected chi connectivity index (χ0v) is 14.7. The summed E-state index contributed by atoms with van der Waals surface area (Å²) in [7, 11) is 0. The normalized spacial score (nSPS) is 10.5. The molecule has 0 fully saturated rings. The second-order valence-corrected chi connectivity index (χ2v) is 5.18. The Morgan fingerprint density at radius 3 is 2.00 bits per heavy atom. The van der Waals surface area contributed by atoms with Gasteiger partial charge in [-0.05, 0) is 18.9 Å². The highest BCUT2D eigenvalue weighted by Crippen LogP contribution is 2.09. The first-order valence-electron chi connectivity index (χ1n) is 8.63. The van der Waals surface area contributed by atoms with Crippen LogP contribution in [0.2, 0.25) is 0 Å². The van der Waals surface area contributed by atoms with E-state index in [0.717, 1.165) is 45.4 Å². The Morgan fingerprint density at radius 2 is 1.40 bits per heavy atom. The highest BCUT2D eigenvalue weighted by Gasteiger charge is 1.95. The van der Waals surface area contributed by atoms with Crippen LogP contribution in [0.5, 0.6) is 0 Å². The largest absolute Gasteiger partial charge is 0.379 e. The first-order valence-corrected chi connectivity index (χ1v) is 8.63. The minimum atomic E-state index is 0.721. The van der Waals surface area contributed by atoms with Crippen molar-refractivity contribution >= 4 is 0 Å². The Bertz CT molecular complexity index is 152. The van der Waals surface area contributed by atoms with Crippen molar-refractivity contribution in [1.82, 2.24) is 5.32 Å². The standard InChI is InChI=1S/C15H33NO2.C2H6/c1-4-16-10-12-18-14-13-17-11-8-6-5-7-9-15(2)3;1-2/h15-16H,4-14H2,1-3H3;1-2H3. The molecule has 0 amide bonds. The van der Waals surface area contributed by atoms with E-state index in [1.54, 1.807) is 0 Å². The lowest BCUT2D eigenvalue weighted by molar-refractivity contribution is 0.0474. The van der Waals surface area contributed by atoms with Crippen LogP contribution in [-0.2, 0) is 9.47 Å². The Balaban J connectivity index is 0. The summed E-state index contributed by atoms with van der Waals surface area (Å²) in [5.41, 5.74) is 0. The highest BCUT2D eigenvalue weighted by molar-refractivity contribution is 4.48. The van der Waals surface area contributed by atoms with Crippen LogP contribution in [0.3, 0.4) is 0 Å². The van der Waals surface area contributed by atoms with Gasteiger partial charge in [-0.3, -0.25) is 0 Å². The molecule has 0 aliphatic carbocycles. The topological polar surface area (TPSA) is 30.5 Å². The quantitative estimate of drug-likeness (QED) is 0.485. The molecule has 20 heavy (non-hydrogen) atoms. The molecular formula is C17H39NO2. The molecule has 0 spiro atoms. The fourth-order valence-corrected chi connectivity index (χ4v) is 1.75. The van der Waals surface area contributed by atoms with Gasteiger partial charge in [0.2, 0.25) is 0 Å². The fraction of sp³-hybridized carbons (Fsp3) is 1.00. The third kappa shape index (κ3) is 23.0. The summed E-state index contributed by atoms with van der Waals surface area (Å²) in [5, 5.41) is 3.22. The van der Waals surface area contributed by atoms with E-state index in [1.807, 2.05) is 13.8 Å². The molecule has 0 bridgehead atoms. The molecule has 0 aromatic heterocycles. The molecule has 0 atom stereocenters. The number of nitrogens with one attached hydrogen (secondary N) is 1. The number of likely N-dealkylation sites (N-methyl/N-ethyl adjacent to an activating group) is 1. The van der Waals surface area contributed by atoms with Crippen molar-refractivity contribution in [3.63, 3.8) is 0 Å².